The highest BCUT2D eigenvalue weighted by Gasteiger charge is 2.11. The van der Waals surface area contributed by atoms with Crippen molar-refractivity contribution >= 4 is 7.82 Å². The molecule has 0 heterocycles. The topological polar surface area (TPSA) is 107 Å². The van der Waals surface area contributed by atoms with E-state index in [1.54, 1.807) is 0 Å². The van der Waals surface area contributed by atoms with E-state index >= 15 is 0 Å². The Bertz CT molecular complexity index is 175. The molecule has 14 heavy (non-hydrogen) atoms. The third kappa shape index (κ3) is 22.6. The second kappa shape index (κ2) is 9.33. The average Bonchev–Trinajstić information content (AvgIpc) is 2.04. The number of rotatable bonds is 5. The summed E-state index contributed by atoms with van der Waals surface area (Å²) in [6.45, 7) is 5.12. The van der Waals surface area contributed by atoms with E-state index < -0.39 is 14.1 Å². The summed E-state index contributed by atoms with van der Waals surface area (Å²) in [7, 11) is -4.20. The first-order chi connectivity index (χ1) is 6.33. The van der Waals surface area contributed by atoms with Crippen molar-refractivity contribution in [2.45, 2.75) is 26.1 Å². The van der Waals surface area contributed by atoms with Gasteiger partial charge in [-0.15, -0.1) is 0 Å². The molecule has 0 rings (SSSR count). The molecule has 0 aromatic heterocycles. The first-order valence-corrected chi connectivity index (χ1v) is 5.55. The number of phosphoric ester groups is 1. The molecule has 0 aromatic rings. The number of aliphatic hydroxyl groups is 2. The van der Waals surface area contributed by atoms with Crippen LogP contribution >= 0.6 is 7.82 Å². The third-order valence-electron chi connectivity index (χ3n) is 0.968. The van der Waals surface area contributed by atoms with E-state index in [4.69, 9.17) is 20.0 Å². The Morgan fingerprint density at radius 1 is 1.50 bits per heavy atom. The molecule has 0 fully saturated rings. The molecule has 0 saturated heterocycles. The van der Waals surface area contributed by atoms with Gasteiger partial charge in [-0.3, -0.25) is 4.52 Å². The van der Waals surface area contributed by atoms with E-state index in [0.29, 0.717) is 6.42 Å². The van der Waals surface area contributed by atoms with Gasteiger partial charge in [-0.05, 0) is 12.5 Å². The van der Waals surface area contributed by atoms with Crippen LogP contribution < -0.4 is 0 Å². The minimum absolute atomic E-state index is 0.140. The predicted octanol–water partition coefficient (Wildman–Crippen LogP) is 0.379. The Labute approximate surface area is 83.1 Å². The second-order valence-electron chi connectivity index (χ2n) is 2.33. The molecule has 0 aliphatic heterocycles. The minimum Gasteiger partial charge on any atom is -0.365 e. The van der Waals surface area contributed by atoms with Gasteiger partial charge in [-0.25, -0.2) is 4.57 Å². The highest BCUT2D eigenvalue weighted by Crippen LogP contribution is 2.35. The maximum absolute atomic E-state index is 9.98. The molecule has 6 nitrogen and oxygen atoms in total. The van der Waals surface area contributed by atoms with E-state index in [9.17, 15) is 4.57 Å². The summed E-state index contributed by atoms with van der Waals surface area (Å²) in [5, 5.41) is 15.6. The third-order valence-corrected chi connectivity index (χ3v) is 1.49. The minimum atomic E-state index is -4.20. The molecular weight excluding hydrogens is 211 g/mol. The summed E-state index contributed by atoms with van der Waals surface area (Å²) in [6.07, 6.45) is 1.24. The highest BCUT2D eigenvalue weighted by atomic mass is 31.2. The van der Waals surface area contributed by atoms with Gasteiger partial charge in [0.25, 0.3) is 0 Å². The Kier molecular flexibility index (Phi) is 10.8. The van der Waals surface area contributed by atoms with Crippen molar-refractivity contribution in [1.29, 1.82) is 0 Å². The van der Waals surface area contributed by atoms with Gasteiger partial charge in [0.15, 0.2) is 6.29 Å². The van der Waals surface area contributed by atoms with Crippen molar-refractivity contribution in [1.82, 2.24) is 0 Å². The lowest BCUT2D eigenvalue weighted by atomic mass is 10.4. The van der Waals surface area contributed by atoms with Crippen LogP contribution in [0.3, 0.4) is 0 Å². The van der Waals surface area contributed by atoms with Crippen molar-refractivity contribution in [3.8, 4) is 0 Å². The lowest BCUT2D eigenvalue weighted by molar-refractivity contribution is 0.00266. The zero-order valence-corrected chi connectivity index (χ0v) is 8.93. The highest BCUT2D eigenvalue weighted by molar-refractivity contribution is 7.46. The van der Waals surface area contributed by atoms with Crippen LogP contribution in [0.25, 0.3) is 0 Å². The van der Waals surface area contributed by atoms with Crippen molar-refractivity contribution in [3.63, 3.8) is 0 Å². The number of aliphatic hydroxyl groups excluding tert-OH is 1. The molecule has 0 aliphatic carbocycles. The largest absolute Gasteiger partial charge is 0.469 e. The van der Waals surface area contributed by atoms with Crippen molar-refractivity contribution < 1.29 is 29.1 Å². The second-order valence-corrected chi connectivity index (χ2v) is 3.57. The Balaban J connectivity index is 0. The maximum atomic E-state index is 9.98. The summed E-state index contributed by atoms with van der Waals surface area (Å²) in [4.78, 5) is 16.3. The molecule has 0 amide bonds. The summed E-state index contributed by atoms with van der Waals surface area (Å²) in [6, 6.07) is 0. The average molecular weight is 228 g/mol. The first kappa shape index (κ1) is 16.2. The van der Waals surface area contributed by atoms with Gasteiger partial charge in [0.05, 0.1) is 6.61 Å². The fourth-order valence-electron chi connectivity index (χ4n) is 0.328. The molecule has 0 bridgehead atoms. The molecule has 86 valence electrons. The molecule has 0 aliphatic rings. The van der Waals surface area contributed by atoms with Crippen LogP contribution in [0.15, 0.2) is 12.7 Å². The van der Waals surface area contributed by atoms with Gasteiger partial charge in [0.2, 0.25) is 0 Å². The van der Waals surface area contributed by atoms with Gasteiger partial charge in [-0.1, -0.05) is 19.9 Å². The number of hydrogen-bond donors (Lipinski definition) is 4. The molecular formula is C7H17O6P. The van der Waals surface area contributed by atoms with E-state index in [0.717, 1.165) is 12.5 Å². The molecule has 7 heteroatoms. The summed E-state index contributed by atoms with van der Waals surface area (Å²) >= 11 is 0. The van der Waals surface area contributed by atoms with Crippen LogP contribution in [-0.4, -0.2) is 32.9 Å². The molecule has 0 atom stereocenters. The lowest BCUT2D eigenvalue weighted by Gasteiger charge is -2.02. The normalized spacial score (nSPS) is 10.7. The summed E-state index contributed by atoms with van der Waals surface area (Å²) < 4.78 is 14.1. The van der Waals surface area contributed by atoms with E-state index in [1.165, 1.54) is 0 Å². The van der Waals surface area contributed by atoms with Crippen LogP contribution in [0.1, 0.15) is 19.8 Å². The molecule has 0 unspecified atom stereocenters. The van der Waals surface area contributed by atoms with Crippen LogP contribution in [0.4, 0.5) is 0 Å². The van der Waals surface area contributed by atoms with Gasteiger partial charge in [0.1, 0.15) is 0 Å². The summed E-state index contributed by atoms with van der Waals surface area (Å²) in [5.41, 5.74) is 0. The van der Waals surface area contributed by atoms with Crippen LogP contribution in [-0.2, 0) is 9.09 Å². The monoisotopic (exact) mass is 228 g/mol. The van der Waals surface area contributed by atoms with Gasteiger partial charge < -0.3 is 20.0 Å². The van der Waals surface area contributed by atoms with Crippen molar-refractivity contribution in [2.75, 3.05) is 6.61 Å². The van der Waals surface area contributed by atoms with Crippen molar-refractivity contribution in [2.24, 2.45) is 0 Å². The molecule has 0 saturated carbocycles. The quantitative estimate of drug-likeness (QED) is 0.234. The van der Waals surface area contributed by atoms with Crippen LogP contribution in [0, 0.1) is 0 Å². The number of hydrogen-bond acceptors (Lipinski definition) is 4. The molecule has 0 spiro atoms. The zero-order chi connectivity index (χ0) is 11.6. The molecule has 0 radical (unpaired) electrons. The Morgan fingerprint density at radius 3 is 2.14 bits per heavy atom. The Morgan fingerprint density at radius 2 is 1.93 bits per heavy atom. The van der Waals surface area contributed by atoms with E-state index in [-0.39, 0.29) is 6.61 Å². The van der Waals surface area contributed by atoms with E-state index in [1.807, 2.05) is 6.92 Å². The van der Waals surface area contributed by atoms with E-state index in [2.05, 4.69) is 11.1 Å². The zero-order valence-electron chi connectivity index (χ0n) is 8.04. The van der Waals surface area contributed by atoms with Crippen molar-refractivity contribution in [3.05, 3.63) is 12.7 Å². The molecule has 0 aromatic carbocycles. The fourth-order valence-corrected chi connectivity index (χ4v) is 0.695. The summed E-state index contributed by atoms with van der Waals surface area (Å²) in [5.74, 6) is 0. The van der Waals surface area contributed by atoms with Crippen LogP contribution in [0.2, 0.25) is 0 Å². The molecule has 4 N–H and O–H groups in total. The standard InChI is InChI=1S/C4H11O4P.C3H6O2/c1-2-3-4-8-9(5,6)7;1-2-3(4)5/h2-4H2,1H3,(H2,5,6,7);2-5H,1H2. The number of phosphoric acid groups is 1. The first-order valence-electron chi connectivity index (χ1n) is 4.02. The number of unbranched alkanes of at least 4 members (excludes halogenated alkanes) is 1. The lowest BCUT2D eigenvalue weighted by Crippen LogP contribution is -1.95. The smallest absolute Gasteiger partial charge is 0.365 e. The van der Waals surface area contributed by atoms with Gasteiger partial charge >= 0.3 is 7.82 Å². The SMILES string of the molecule is C=CC(O)O.CCCCOP(=O)(O)O. The maximum Gasteiger partial charge on any atom is 0.469 e. The van der Waals surface area contributed by atoms with Gasteiger partial charge in [-0.2, -0.15) is 0 Å². The van der Waals surface area contributed by atoms with Crippen LogP contribution in [0.5, 0.6) is 0 Å². The Hall–Kier alpha value is -0.230. The predicted molar refractivity (Wildman–Crippen MR) is 51.3 cm³/mol. The van der Waals surface area contributed by atoms with Gasteiger partial charge in [0, 0.05) is 0 Å². The fraction of sp³-hybridized carbons (Fsp3) is 0.714.